The van der Waals surface area contributed by atoms with Crippen LogP contribution in [0.1, 0.15) is 12.5 Å². The van der Waals surface area contributed by atoms with Gasteiger partial charge in [-0.05, 0) is 12.5 Å². The molecule has 0 fully saturated rings. The molecule has 0 bridgehead atoms. The van der Waals surface area contributed by atoms with Crippen LogP contribution in [0.5, 0.6) is 0 Å². The third kappa shape index (κ3) is 4.42. The molecule has 0 atom stereocenters. The van der Waals surface area contributed by atoms with Gasteiger partial charge in [0.1, 0.15) is 0 Å². The second-order valence-electron chi connectivity index (χ2n) is 3.51. The van der Waals surface area contributed by atoms with Gasteiger partial charge in [-0.3, -0.25) is 0 Å². The van der Waals surface area contributed by atoms with Crippen LogP contribution in [-0.2, 0) is 8.85 Å². The average Bonchev–Trinajstić information content (AvgIpc) is 2.27. The summed E-state index contributed by atoms with van der Waals surface area (Å²) in [5.41, 5.74) is 2.54. The Morgan fingerprint density at radius 1 is 1.20 bits per heavy atom. The van der Waals surface area contributed by atoms with Crippen molar-refractivity contribution in [2.24, 2.45) is 0 Å². The van der Waals surface area contributed by atoms with Crippen LogP contribution in [0.15, 0.2) is 35.9 Å². The molecule has 1 aromatic carbocycles. The van der Waals surface area contributed by atoms with Gasteiger partial charge in [-0.15, -0.1) is 0 Å². The Hall–Kier alpha value is -0.903. The molecule has 0 aromatic heterocycles. The van der Waals surface area contributed by atoms with E-state index in [1.165, 1.54) is 11.1 Å². The van der Waals surface area contributed by atoms with Gasteiger partial charge in [0, 0.05) is 20.3 Å². The minimum absolute atomic E-state index is 0.932. The molecule has 0 saturated heterocycles. The maximum atomic E-state index is 5.28. The van der Waals surface area contributed by atoms with Crippen LogP contribution in [0.2, 0.25) is 6.04 Å². The number of allylic oxidation sites excluding steroid dienone is 1. The first-order chi connectivity index (χ1) is 7.26. The first-order valence-corrected chi connectivity index (χ1v) is 6.80. The van der Waals surface area contributed by atoms with Crippen molar-refractivity contribution in [2.45, 2.75) is 13.0 Å². The molecule has 1 rings (SSSR count). The Morgan fingerprint density at radius 3 is 2.33 bits per heavy atom. The molecule has 1 aromatic rings. The molecular formula is C12H18O2Si. The van der Waals surface area contributed by atoms with Crippen LogP contribution in [0.25, 0.3) is 6.08 Å². The summed E-state index contributed by atoms with van der Waals surface area (Å²) in [6.45, 7) is 2.12. The van der Waals surface area contributed by atoms with Crippen LogP contribution >= 0.6 is 0 Å². The van der Waals surface area contributed by atoms with E-state index in [-0.39, 0.29) is 0 Å². The molecule has 15 heavy (non-hydrogen) atoms. The summed E-state index contributed by atoms with van der Waals surface area (Å²) in [6.07, 6.45) is 2.18. The van der Waals surface area contributed by atoms with Gasteiger partial charge in [-0.2, -0.15) is 0 Å². The molecule has 0 radical (unpaired) electrons. The molecule has 0 amide bonds. The van der Waals surface area contributed by atoms with Crippen molar-refractivity contribution >= 4 is 15.4 Å². The van der Waals surface area contributed by atoms with E-state index in [0.717, 1.165) is 6.04 Å². The van der Waals surface area contributed by atoms with E-state index in [4.69, 9.17) is 8.85 Å². The van der Waals surface area contributed by atoms with Gasteiger partial charge in [0.2, 0.25) is 0 Å². The maximum absolute atomic E-state index is 5.28. The highest BCUT2D eigenvalue weighted by atomic mass is 28.3. The zero-order chi connectivity index (χ0) is 11.1. The predicted octanol–water partition coefficient (Wildman–Crippen LogP) is 2.60. The normalized spacial score (nSPS) is 12.1. The van der Waals surface area contributed by atoms with Crippen molar-refractivity contribution in [3.8, 4) is 0 Å². The smallest absolute Gasteiger partial charge is 0.325 e. The third-order valence-corrected chi connectivity index (χ3v) is 4.26. The molecule has 0 spiro atoms. The van der Waals surface area contributed by atoms with E-state index >= 15 is 0 Å². The zero-order valence-electron chi connectivity index (χ0n) is 9.57. The summed E-state index contributed by atoms with van der Waals surface area (Å²) >= 11 is 0. The van der Waals surface area contributed by atoms with Crippen LogP contribution < -0.4 is 0 Å². The number of hydrogen-bond acceptors (Lipinski definition) is 2. The molecule has 0 aliphatic carbocycles. The highest BCUT2D eigenvalue weighted by molar-refractivity contribution is 6.45. The van der Waals surface area contributed by atoms with Crippen molar-refractivity contribution in [3.63, 3.8) is 0 Å². The lowest BCUT2D eigenvalue weighted by atomic mass is 10.1. The van der Waals surface area contributed by atoms with Gasteiger partial charge >= 0.3 is 9.28 Å². The van der Waals surface area contributed by atoms with Crippen LogP contribution in [0.3, 0.4) is 0 Å². The zero-order valence-corrected chi connectivity index (χ0v) is 10.7. The highest BCUT2D eigenvalue weighted by Gasteiger charge is 2.09. The fraction of sp³-hybridized carbons (Fsp3) is 0.333. The molecular weight excluding hydrogens is 204 g/mol. The minimum Gasteiger partial charge on any atom is -0.400 e. The molecule has 0 aliphatic rings. The monoisotopic (exact) mass is 222 g/mol. The van der Waals surface area contributed by atoms with Crippen LogP contribution in [0, 0.1) is 0 Å². The molecule has 0 N–H and O–H groups in total. The first kappa shape index (κ1) is 12.2. The quantitative estimate of drug-likeness (QED) is 0.713. The summed E-state index contributed by atoms with van der Waals surface area (Å²) in [5.74, 6) is 0. The third-order valence-electron chi connectivity index (χ3n) is 2.23. The van der Waals surface area contributed by atoms with Gasteiger partial charge in [0.25, 0.3) is 0 Å². The average molecular weight is 222 g/mol. The Kier molecular flexibility index (Phi) is 5.32. The van der Waals surface area contributed by atoms with Gasteiger partial charge in [-0.1, -0.05) is 42.0 Å². The topological polar surface area (TPSA) is 18.5 Å². The van der Waals surface area contributed by atoms with Crippen molar-refractivity contribution in [3.05, 3.63) is 41.5 Å². The van der Waals surface area contributed by atoms with Crippen LogP contribution in [0.4, 0.5) is 0 Å². The molecule has 0 aliphatic heterocycles. The van der Waals surface area contributed by atoms with Gasteiger partial charge in [-0.25, -0.2) is 0 Å². The van der Waals surface area contributed by atoms with Gasteiger partial charge in [0.05, 0.1) is 0 Å². The van der Waals surface area contributed by atoms with Gasteiger partial charge in [0.15, 0.2) is 0 Å². The summed E-state index contributed by atoms with van der Waals surface area (Å²) in [4.78, 5) is 0. The summed E-state index contributed by atoms with van der Waals surface area (Å²) < 4.78 is 10.6. The van der Waals surface area contributed by atoms with E-state index in [1.54, 1.807) is 14.2 Å². The standard InChI is InChI=1S/C12H18O2Si/c1-11(10-15(13-2)14-3)9-12-7-5-4-6-8-12/h4-9,15H,10H2,1-3H3. The SMILES string of the molecule is CO[SiH](CC(C)=Cc1ccccc1)OC. The maximum Gasteiger partial charge on any atom is 0.325 e. The van der Waals surface area contributed by atoms with Crippen molar-refractivity contribution < 1.29 is 8.85 Å². The minimum atomic E-state index is -1.46. The number of hydrogen-bond donors (Lipinski definition) is 0. The lowest BCUT2D eigenvalue weighted by Gasteiger charge is -2.10. The molecule has 82 valence electrons. The Morgan fingerprint density at radius 2 is 1.80 bits per heavy atom. The second-order valence-corrected chi connectivity index (χ2v) is 5.72. The largest absolute Gasteiger partial charge is 0.400 e. The lowest BCUT2D eigenvalue weighted by molar-refractivity contribution is 0.280. The fourth-order valence-corrected chi connectivity index (χ4v) is 2.59. The van der Waals surface area contributed by atoms with E-state index in [0.29, 0.717) is 0 Å². The van der Waals surface area contributed by atoms with Gasteiger partial charge < -0.3 is 8.85 Å². The predicted molar refractivity (Wildman–Crippen MR) is 66.1 cm³/mol. The Labute approximate surface area is 93.4 Å². The van der Waals surface area contributed by atoms with E-state index < -0.39 is 9.28 Å². The summed E-state index contributed by atoms with van der Waals surface area (Å²) in [6, 6.07) is 11.2. The number of rotatable bonds is 5. The van der Waals surface area contributed by atoms with Crippen molar-refractivity contribution in [1.29, 1.82) is 0 Å². The summed E-state index contributed by atoms with van der Waals surface area (Å²) in [7, 11) is 1.98. The molecule has 2 nitrogen and oxygen atoms in total. The Bertz CT molecular complexity index is 305. The molecule has 0 unspecified atom stereocenters. The van der Waals surface area contributed by atoms with Crippen LogP contribution in [-0.4, -0.2) is 23.5 Å². The van der Waals surface area contributed by atoms with Crippen molar-refractivity contribution in [1.82, 2.24) is 0 Å². The van der Waals surface area contributed by atoms with E-state index in [9.17, 15) is 0 Å². The van der Waals surface area contributed by atoms with E-state index in [1.807, 2.05) is 18.2 Å². The first-order valence-electron chi connectivity index (χ1n) is 5.04. The number of benzene rings is 1. The van der Waals surface area contributed by atoms with E-state index in [2.05, 4.69) is 25.1 Å². The second kappa shape index (κ2) is 6.56. The molecule has 0 heterocycles. The fourth-order valence-electron chi connectivity index (χ4n) is 1.42. The molecule has 3 heteroatoms. The van der Waals surface area contributed by atoms with Crippen molar-refractivity contribution in [2.75, 3.05) is 14.2 Å². The molecule has 0 saturated carbocycles. The summed E-state index contributed by atoms with van der Waals surface area (Å²) in [5, 5.41) is 0. The Balaban J connectivity index is 2.60. The highest BCUT2D eigenvalue weighted by Crippen LogP contribution is 2.12. The lowest BCUT2D eigenvalue weighted by Crippen LogP contribution is -2.18.